The van der Waals surface area contributed by atoms with E-state index in [0.717, 1.165) is 23.0 Å². The second-order valence-electron chi connectivity index (χ2n) is 4.24. The van der Waals surface area contributed by atoms with Gasteiger partial charge in [-0.25, -0.2) is 0 Å². The van der Waals surface area contributed by atoms with Crippen LogP contribution in [0.3, 0.4) is 0 Å². The van der Waals surface area contributed by atoms with Crippen LogP contribution >= 0.6 is 15.9 Å². The zero-order valence-corrected chi connectivity index (χ0v) is 11.9. The minimum Gasteiger partial charge on any atom is -0.307 e. The van der Waals surface area contributed by atoms with Crippen LogP contribution in [0.15, 0.2) is 34.8 Å². The van der Waals surface area contributed by atoms with E-state index in [2.05, 4.69) is 66.8 Å². The van der Waals surface area contributed by atoms with Gasteiger partial charge < -0.3 is 5.32 Å². The van der Waals surface area contributed by atoms with Crippen LogP contribution in [0.5, 0.6) is 0 Å². The molecule has 0 bridgehead atoms. The summed E-state index contributed by atoms with van der Waals surface area (Å²) in [4.78, 5) is 0. The van der Waals surface area contributed by atoms with E-state index in [1.807, 2.05) is 0 Å². The van der Waals surface area contributed by atoms with E-state index in [4.69, 9.17) is 0 Å². The van der Waals surface area contributed by atoms with E-state index in [1.54, 1.807) is 0 Å². The summed E-state index contributed by atoms with van der Waals surface area (Å²) < 4.78 is 1.16. The van der Waals surface area contributed by atoms with Gasteiger partial charge in [0.05, 0.1) is 6.04 Å². The predicted octanol–water partition coefficient (Wildman–Crippen LogP) is 4.37. The highest BCUT2D eigenvalue weighted by Gasteiger charge is 2.11. The van der Waals surface area contributed by atoms with Crippen LogP contribution in [0.1, 0.15) is 37.4 Å². The van der Waals surface area contributed by atoms with E-state index >= 15 is 0 Å². The van der Waals surface area contributed by atoms with Crippen LogP contribution in [0.4, 0.5) is 0 Å². The number of hydrogen-bond donors (Lipinski definition) is 1. The Hall–Kier alpha value is -0.600. The highest BCUT2D eigenvalue weighted by atomic mass is 79.9. The monoisotopic (exact) mass is 281 g/mol. The van der Waals surface area contributed by atoms with Gasteiger partial charge in [-0.1, -0.05) is 47.1 Å². The Morgan fingerprint density at radius 3 is 2.69 bits per heavy atom. The fourth-order valence-corrected chi connectivity index (χ4v) is 1.96. The molecular formula is C14H20BrN. The van der Waals surface area contributed by atoms with Crippen molar-refractivity contribution in [1.29, 1.82) is 0 Å². The Labute approximate surface area is 107 Å². The van der Waals surface area contributed by atoms with Crippen molar-refractivity contribution in [3.8, 4) is 0 Å². The molecule has 0 aromatic heterocycles. The number of halogens is 1. The minimum atomic E-state index is 0.270. The lowest BCUT2D eigenvalue weighted by molar-refractivity contribution is 0.591. The normalized spacial score (nSPS) is 12.5. The molecule has 0 radical (unpaired) electrons. The maximum Gasteiger partial charge on any atom is 0.0530 e. The van der Waals surface area contributed by atoms with Crippen LogP contribution < -0.4 is 5.32 Å². The molecule has 2 heteroatoms. The Kier molecular flexibility index (Phi) is 5.23. The first-order valence-electron chi connectivity index (χ1n) is 5.71. The van der Waals surface area contributed by atoms with Crippen molar-refractivity contribution in [2.45, 2.75) is 33.2 Å². The quantitative estimate of drug-likeness (QED) is 0.790. The average Bonchev–Trinajstić information content (AvgIpc) is 2.23. The van der Waals surface area contributed by atoms with Crippen molar-refractivity contribution in [3.63, 3.8) is 0 Å². The van der Waals surface area contributed by atoms with Crippen molar-refractivity contribution in [2.24, 2.45) is 0 Å². The third-order valence-electron chi connectivity index (χ3n) is 2.61. The largest absolute Gasteiger partial charge is 0.307 e. The molecule has 0 aliphatic heterocycles. The number of aryl methyl sites for hydroxylation is 1. The summed E-state index contributed by atoms with van der Waals surface area (Å²) in [5.41, 5.74) is 3.72. The van der Waals surface area contributed by atoms with Crippen LogP contribution in [-0.4, -0.2) is 6.54 Å². The predicted molar refractivity (Wildman–Crippen MR) is 74.7 cm³/mol. The molecule has 0 spiro atoms. The lowest BCUT2D eigenvalue weighted by Gasteiger charge is -2.20. The molecule has 1 rings (SSSR count). The van der Waals surface area contributed by atoms with Gasteiger partial charge in [-0.3, -0.25) is 0 Å². The molecule has 0 heterocycles. The Morgan fingerprint density at radius 2 is 2.19 bits per heavy atom. The zero-order valence-electron chi connectivity index (χ0n) is 10.3. The third kappa shape index (κ3) is 3.46. The molecule has 0 saturated heterocycles. The maximum absolute atomic E-state index is 4.06. The van der Waals surface area contributed by atoms with E-state index in [9.17, 15) is 0 Å². The smallest absolute Gasteiger partial charge is 0.0530 e. The Bertz CT molecular complexity index is 371. The number of benzene rings is 1. The number of rotatable bonds is 5. The molecule has 1 nitrogen and oxygen atoms in total. The summed E-state index contributed by atoms with van der Waals surface area (Å²) in [7, 11) is 0. The molecule has 16 heavy (non-hydrogen) atoms. The summed E-state index contributed by atoms with van der Waals surface area (Å²) >= 11 is 3.53. The molecule has 1 N–H and O–H groups in total. The van der Waals surface area contributed by atoms with Crippen molar-refractivity contribution in [3.05, 3.63) is 46.0 Å². The fourth-order valence-electron chi connectivity index (χ4n) is 1.71. The SMILES string of the molecule is C=C(C)C(NCCC)c1ccc(Br)c(C)c1. The lowest BCUT2D eigenvalue weighted by Crippen LogP contribution is -2.22. The second kappa shape index (κ2) is 6.21. The highest BCUT2D eigenvalue weighted by molar-refractivity contribution is 9.10. The summed E-state index contributed by atoms with van der Waals surface area (Å²) in [6.45, 7) is 11.4. The molecule has 0 saturated carbocycles. The minimum absolute atomic E-state index is 0.270. The first-order chi connectivity index (χ1) is 7.56. The molecule has 1 aromatic carbocycles. The van der Waals surface area contributed by atoms with Gasteiger partial charge in [-0.15, -0.1) is 0 Å². The van der Waals surface area contributed by atoms with Crippen molar-refractivity contribution in [1.82, 2.24) is 5.32 Å². The Morgan fingerprint density at radius 1 is 1.50 bits per heavy atom. The highest BCUT2D eigenvalue weighted by Crippen LogP contribution is 2.24. The molecule has 0 aliphatic rings. The molecule has 0 aliphatic carbocycles. The molecule has 88 valence electrons. The van der Waals surface area contributed by atoms with Crippen LogP contribution in [0.2, 0.25) is 0 Å². The lowest BCUT2D eigenvalue weighted by atomic mass is 9.99. The molecule has 1 unspecified atom stereocenters. The van der Waals surface area contributed by atoms with Crippen molar-refractivity contribution < 1.29 is 0 Å². The first-order valence-corrected chi connectivity index (χ1v) is 6.50. The molecule has 1 aromatic rings. The van der Waals surface area contributed by atoms with E-state index in [0.29, 0.717) is 0 Å². The summed E-state index contributed by atoms with van der Waals surface area (Å²) in [5, 5.41) is 3.52. The molecule has 1 atom stereocenters. The van der Waals surface area contributed by atoms with Gasteiger partial charge in [-0.2, -0.15) is 0 Å². The van der Waals surface area contributed by atoms with Crippen LogP contribution in [0, 0.1) is 6.92 Å². The average molecular weight is 282 g/mol. The summed E-state index contributed by atoms with van der Waals surface area (Å²) in [6, 6.07) is 6.74. The maximum atomic E-state index is 4.06. The van der Waals surface area contributed by atoms with Gasteiger partial charge in [0.2, 0.25) is 0 Å². The number of hydrogen-bond acceptors (Lipinski definition) is 1. The van der Waals surface area contributed by atoms with Gasteiger partial charge in [0.1, 0.15) is 0 Å². The van der Waals surface area contributed by atoms with E-state index < -0.39 is 0 Å². The zero-order chi connectivity index (χ0) is 12.1. The van der Waals surface area contributed by atoms with E-state index in [-0.39, 0.29) is 6.04 Å². The van der Waals surface area contributed by atoms with Gasteiger partial charge in [-0.05, 0) is 44.0 Å². The van der Waals surface area contributed by atoms with Crippen molar-refractivity contribution in [2.75, 3.05) is 6.54 Å². The van der Waals surface area contributed by atoms with Crippen molar-refractivity contribution >= 4 is 15.9 Å². The third-order valence-corrected chi connectivity index (χ3v) is 3.50. The number of nitrogens with one attached hydrogen (secondary N) is 1. The van der Waals surface area contributed by atoms with Gasteiger partial charge >= 0.3 is 0 Å². The molecular weight excluding hydrogens is 262 g/mol. The van der Waals surface area contributed by atoms with Crippen LogP contribution in [-0.2, 0) is 0 Å². The fraction of sp³-hybridized carbons (Fsp3) is 0.429. The van der Waals surface area contributed by atoms with Crippen LogP contribution in [0.25, 0.3) is 0 Å². The topological polar surface area (TPSA) is 12.0 Å². The Balaban J connectivity index is 2.92. The second-order valence-corrected chi connectivity index (χ2v) is 5.10. The van der Waals surface area contributed by atoms with Gasteiger partial charge in [0.15, 0.2) is 0 Å². The first kappa shape index (κ1) is 13.5. The van der Waals surface area contributed by atoms with Gasteiger partial charge in [0, 0.05) is 4.47 Å². The standard InChI is InChI=1S/C14H20BrN/c1-5-8-16-14(10(2)3)12-6-7-13(15)11(4)9-12/h6-7,9,14,16H,2,5,8H2,1,3-4H3. The van der Waals surface area contributed by atoms with E-state index in [1.165, 1.54) is 11.1 Å². The molecule has 0 amide bonds. The molecule has 0 fully saturated rings. The summed E-state index contributed by atoms with van der Waals surface area (Å²) in [5.74, 6) is 0. The summed E-state index contributed by atoms with van der Waals surface area (Å²) in [6.07, 6.45) is 1.14. The van der Waals surface area contributed by atoms with Gasteiger partial charge in [0.25, 0.3) is 0 Å².